The fourth-order valence-electron chi connectivity index (χ4n) is 3.76. The second kappa shape index (κ2) is 8.98. The molecule has 2 N–H and O–H groups in total. The van der Waals surface area contributed by atoms with Gasteiger partial charge < -0.3 is 10.4 Å². The van der Waals surface area contributed by atoms with E-state index in [9.17, 15) is 9.90 Å². The molecule has 1 aliphatic rings. The minimum Gasteiger partial charge on any atom is -0.396 e. The highest BCUT2D eigenvalue weighted by atomic mass is 16.3. The molecular formula is C22H25N5O2. The number of aromatic nitrogens is 3. The maximum absolute atomic E-state index is 12.9. The number of piperidine rings is 1. The Labute approximate surface area is 170 Å². The average Bonchev–Trinajstić information content (AvgIpc) is 3.30. The molecule has 1 fully saturated rings. The van der Waals surface area contributed by atoms with Gasteiger partial charge in [-0.05, 0) is 36.7 Å². The number of nitrogens with one attached hydrogen (secondary N) is 1. The van der Waals surface area contributed by atoms with Crippen LogP contribution < -0.4 is 5.32 Å². The van der Waals surface area contributed by atoms with E-state index in [1.165, 1.54) is 5.56 Å². The van der Waals surface area contributed by atoms with Crippen LogP contribution in [0, 0.1) is 5.92 Å². The number of aliphatic hydroxyl groups excluding tert-OH is 1. The molecule has 0 spiro atoms. The summed E-state index contributed by atoms with van der Waals surface area (Å²) in [6, 6.07) is 17.3. The second-order valence-electron chi connectivity index (χ2n) is 7.36. The van der Waals surface area contributed by atoms with Crippen LogP contribution in [0.3, 0.4) is 0 Å². The molecule has 7 nitrogen and oxygen atoms in total. The van der Waals surface area contributed by atoms with Crippen molar-refractivity contribution < 1.29 is 9.90 Å². The van der Waals surface area contributed by atoms with Crippen LogP contribution in [0.15, 0.2) is 67.0 Å². The van der Waals surface area contributed by atoms with Gasteiger partial charge in [-0.3, -0.25) is 9.69 Å². The first-order chi connectivity index (χ1) is 14.2. The van der Waals surface area contributed by atoms with Crippen molar-refractivity contribution in [3.05, 3.63) is 78.2 Å². The molecule has 150 valence electrons. The quantitative estimate of drug-likeness (QED) is 0.670. The van der Waals surface area contributed by atoms with Gasteiger partial charge in [0.25, 0.3) is 5.91 Å². The van der Waals surface area contributed by atoms with E-state index in [0.29, 0.717) is 18.1 Å². The summed E-state index contributed by atoms with van der Waals surface area (Å²) in [7, 11) is 0. The summed E-state index contributed by atoms with van der Waals surface area (Å²) in [4.78, 5) is 19.6. The lowest BCUT2D eigenvalue weighted by Gasteiger charge is -2.38. The van der Waals surface area contributed by atoms with Crippen LogP contribution in [0.1, 0.15) is 22.5 Å². The van der Waals surface area contributed by atoms with Crippen molar-refractivity contribution in [3.8, 4) is 5.82 Å². The summed E-state index contributed by atoms with van der Waals surface area (Å²) in [5, 5.41) is 17.0. The standard InChI is InChI=1S/C22H25N5O2/c28-16-18-10-13-26(14-17-6-2-1-3-7-17)15-20(18)25-22(29)19-8-4-9-21(24-19)27-12-5-11-23-27/h1-9,11-12,18,20,28H,10,13-16H2,(H,25,29). The van der Waals surface area contributed by atoms with Gasteiger partial charge >= 0.3 is 0 Å². The molecule has 1 saturated heterocycles. The van der Waals surface area contributed by atoms with Gasteiger partial charge in [-0.2, -0.15) is 5.10 Å². The van der Waals surface area contributed by atoms with Gasteiger partial charge in [0.1, 0.15) is 5.69 Å². The third-order valence-electron chi connectivity index (χ3n) is 5.35. The highest BCUT2D eigenvalue weighted by molar-refractivity contribution is 5.92. The fourth-order valence-corrected chi connectivity index (χ4v) is 3.76. The maximum atomic E-state index is 12.9. The molecule has 0 radical (unpaired) electrons. The molecule has 2 unspecified atom stereocenters. The predicted octanol–water partition coefficient (Wildman–Crippen LogP) is 1.88. The third-order valence-corrected chi connectivity index (χ3v) is 5.35. The molecule has 1 aliphatic heterocycles. The van der Waals surface area contributed by atoms with Crippen LogP contribution in [0.2, 0.25) is 0 Å². The van der Waals surface area contributed by atoms with E-state index < -0.39 is 0 Å². The summed E-state index contributed by atoms with van der Waals surface area (Å²) in [5.74, 6) is 0.403. The lowest BCUT2D eigenvalue weighted by Crippen LogP contribution is -2.53. The zero-order valence-electron chi connectivity index (χ0n) is 16.2. The van der Waals surface area contributed by atoms with Gasteiger partial charge in [-0.25, -0.2) is 9.67 Å². The number of nitrogens with zero attached hydrogens (tertiary/aromatic N) is 4. The number of hydrogen-bond donors (Lipinski definition) is 2. The number of aliphatic hydroxyl groups is 1. The molecule has 2 aromatic heterocycles. The Hall–Kier alpha value is -3.03. The number of hydrogen-bond acceptors (Lipinski definition) is 5. The molecule has 4 rings (SSSR count). The molecular weight excluding hydrogens is 366 g/mol. The van der Waals surface area contributed by atoms with Gasteiger partial charge in [-0.15, -0.1) is 0 Å². The number of rotatable bonds is 6. The lowest BCUT2D eigenvalue weighted by molar-refractivity contribution is 0.0727. The Bertz CT molecular complexity index is 929. The Morgan fingerprint density at radius 1 is 1.14 bits per heavy atom. The predicted molar refractivity (Wildman–Crippen MR) is 110 cm³/mol. The third kappa shape index (κ3) is 4.70. The molecule has 29 heavy (non-hydrogen) atoms. The second-order valence-corrected chi connectivity index (χ2v) is 7.36. The normalized spacial score (nSPS) is 19.8. The molecule has 1 amide bonds. The summed E-state index contributed by atoms with van der Waals surface area (Å²) in [5.41, 5.74) is 1.59. The Morgan fingerprint density at radius 3 is 2.76 bits per heavy atom. The van der Waals surface area contributed by atoms with E-state index in [1.807, 2.05) is 30.3 Å². The van der Waals surface area contributed by atoms with Crippen molar-refractivity contribution in [3.63, 3.8) is 0 Å². The van der Waals surface area contributed by atoms with E-state index >= 15 is 0 Å². The lowest BCUT2D eigenvalue weighted by atomic mass is 9.91. The molecule has 0 bridgehead atoms. The van der Waals surface area contributed by atoms with E-state index in [0.717, 1.165) is 19.5 Å². The van der Waals surface area contributed by atoms with E-state index in [4.69, 9.17) is 0 Å². The van der Waals surface area contributed by atoms with Crippen molar-refractivity contribution in [1.82, 2.24) is 25.0 Å². The summed E-state index contributed by atoms with van der Waals surface area (Å²) < 4.78 is 1.62. The molecule has 0 saturated carbocycles. The van der Waals surface area contributed by atoms with Crippen molar-refractivity contribution in [1.29, 1.82) is 0 Å². The first-order valence-electron chi connectivity index (χ1n) is 9.88. The molecule has 0 aliphatic carbocycles. The Balaban J connectivity index is 1.44. The zero-order chi connectivity index (χ0) is 20.1. The van der Waals surface area contributed by atoms with Gasteiger partial charge in [0.15, 0.2) is 5.82 Å². The highest BCUT2D eigenvalue weighted by Gasteiger charge is 2.30. The van der Waals surface area contributed by atoms with Crippen LogP contribution in [0.5, 0.6) is 0 Å². The SMILES string of the molecule is O=C(NC1CN(Cc2ccccc2)CCC1CO)c1cccc(-n2cccn2)n1. The van der Waals surface area contributed by atoms with Gasteiger partial charge in [-0.1, -0.05) is 36.4 Å². The number of carbonyl (C=O) groups excluding carboxylic acids is 1. The average molecular weight is 391 g/mol. The van der Waals surface area contributed by atoms with Crippen molar-refractivity contribution in [2.24, 2.45) is 5.92 Å². The first kappa shape index (κ1) is 19.3. The maximum Gasteiger partial charge on any atom is 0.270 e. The van der Waals surface area contributed by atoms with Gasteiger partial charge in [0.05, 0.1) is 0 Å². The summed E-state index contributed by atoms with van der Waals surface area (Å²) >= 11 is 0. The molecule has 3 aromatic rings. The zero-order valence-corrected chi connectivity index (χ0v) is 16.2. The number of likely N-dealkylation sites (tertiary alicyclic amines) is 1. The van der Waals surface area contributed by atoms with E-state index in [-0.39, 0.29) is 24.5 Å². The van der Waals surface area contributed by atoms with E-state index in [2.05, 4.69) is 32.4 Å². The topological polar surface area (TPSA) is 83.3 Å². The van der Waals surface area contributed by atoms with Crippen LogP contribution in [0.25, 0.3) is 5.82 Å². The highest BCUT2D eigenvalue weighted by Crippen LogP contribution is 2.20. The van der Waals surface area contributed by atoms with Crippen molar-refractivity contribution in [2.45, 2.75) is 19.0 Å². The van der Waals surface area contributed by atoms with Crippen LogP contribution in [0.4, 0.5) is 0 Å². The smallest absolute Gasteiger partial charge is 0.270 e. The van der Waals surface area contributed by atoms with Crippen LogP contribution in [-0.4, -0.2) is 56.4 Å². The van der Waals surface area contributed by atoms with Crippen molar-refractivity contribution >= 4 is 5.91 Å². The Kier molecular flexibility index (Phi) is 5.97. The van der Waals surface area contributed by atoms with Gasteiger partial charge in [0, 0.05) is 44.0 Å². The number of amides is 1. The van der Waals surface area contributed by atoms with Gasteiger partial charge in [0.2, 0.25) is 0 Å². The molecule has 2 atom stereocenters. The first-order valence-corrected chi connectivity index (χ1v) is 9.88. The number of benzene rings is 1. The minimum atomic E-state index is -0.232. The summed E-state index contributed by atoms with van der Waals surface area (Å²) in [6.45, 7) is 2.49. The van der Waals surface area contributed by atoms with E-state index in [1.54, 1.807) is 29.2 Å². The molecule has 7 heteroatoms. The number of pyridine rings is 1. The van der Waals surface area contributed by atoms with Crippen LogP contribution >= 0.6 is 0 Å². The number of carbonyl (C=O) groups is 1. The molecule has 1 aromatic carbocycles. The summed E-state index contributed by atoms with van der Waals surface area (Å²) in [6.07, 6.45) is 4.30. The monoisotopic (exact) mass is 391 g/mol. The minimum absolute atomic E-state index is 0.0419. The Morgan fingerprint density at radius 2 is 2.00 bits per heavy atom. The largest absolute Gasteiger partial charge is 0.396 e. The molecule has 3 heterocycles. The van der Waals surface area contributed by atoms with Crippen LogP contribution in [-0.2, 0) is 6.54 Å². The van der Waals surface area contributed by atoms with Crippen molar-refractivity contribution in [2.75, 3.05) is 19.7 Å². The fraction of sp³-hybridized carbons (Fsp3) is 0.318.